The topological polar surface area (TPSA) is 47.8 Å². The quantitative estimate of drug-likeness (QED) is 0.537. The number of pyridine rings is 1. The van der Waals surface area contributed by atoms with Crippen LogP contribution in [0.1, 0.15) is 14.0 Å². The summed E-state index contributed by atoms with van der Waals surface area (Å²) in [5.41, 5.74) is 2.57. The fourth-order valence-electron chi connectivity index (χ4n) is 2.98. The minimum absolute atomic E-state index is 0.128. The summed E-state index contributed by atoms with van der Waals surface area (Å²) >= 11 is 0. The molecule has 0 saturated heterocycles. The van der Waals surface area contributed by atoms with Gasteiger partial charge in [0.15, 0.2) is 0 Å². The van der Waals surface area contributed by atoms with Crippen molar-refractivity contribution in [2.24, 2.45) is 7.05 Å². The highest BCUT2D eigenvalue weighted by atomic mass is 19.1. The molecule has 5 heteroatoms. The van der Waals surface area contributed by atoms with E-state index in [4.69, 9.17) is 2.74 Å². The van der Waals surface area contributed by atoms with Gasteiger partial charge in [-0.15, -0.1) is 0 Å². The van der Waals surface area contributed by atoms with Gasteiger partial charge in [-0.25, -0.2) is 9.37 Å². The lowest BCUT2D eigenvalue weighted by Crippen LogP contribution is -2.07. The Balaban J connectivity index is 1.63. The Kier molecular flexibility index (Phi) is 3.90. The Hall–Kier alpha value is -3.34. The normalized spacial score (nSPS) is 12.7. The van der Waals surface area contributed by atoms with Gasteiger partial charge in [-0.2, -0.15) is 0 Å². The van der Waals surface area contributed by atoms with Gasteiger partial charge in [0.1, 0.15) is 11.6 Å². The van der Waals surface area contributed by atoms with Crippen molar-refractivity contribution < 1.29 is 11.9 Å². The molecule has 0 unspecified atom stereocenters. The zero-order valence-electron chi connectivity index (χ0n) is 16.7. The highest BCUT2D eigenvalue weighted by molar-refractivity contribution is 5.88. The third-order valence-electron chi connectivity index (χ3n) is 4.36. The number of carbonyl (C=O) groups excluding carboxylic acids is 1. The second kappa shape index (κ2) is 7.11. The van der Waals surface area contributed by atoms with E-state index in [1.54, 1.807) is 24.8 Å². The van der Waals surface area contributed by atoms with E-state index in [0.717, 1.165) is 34.2 Å². The number of imidazole rings is 1. The van der Waals surface area contributed by atoms with Gasteiger partial charge >= 0.3 is 0 Å². The molecule has 0 spiro atoms. The molecule has 2 aromatic carbocycles. The number of hydrogen-bond acceptors (Lipinski definition) is 3. The lowest BCUT2D eigenvalue weighted by molar-refractivity contribution is -0.117. The summed E-state index contributed by atoms with van der Waals surface area (Å²) in [5, 5.41) is 1.83. The number of fused-ring (bicyclic) bond motifs is 1. The average molecular weight is 361 g/mol. The first-order valence-electron chi connectivity index (χ1n) is 9.49. The molecule has 0 aliphatic heterocycles. The molecule has 0 bridgehead atoms. The molecule has 0 aliphatic carbocycles. The van der Waals surface area contributed by atoms with E-state index in [1.165, 1.54) is 12.1 Å². The van der Waals surface area contributed by atoms with Crippen molar-refractivity contribution in [2.75, 3.05) is 0 Å². The molecular weight excluding hydrogens is 341 g/mol. The summed E-state index contributed by atoms with van der Waals surface area (Å²) in [6.07, 6.45) is 2.81. The van der Waals surface area contributed by atoms with Gasteiger partial charge in [-0.3, -0.25) is 9.78 Å². The van der Waals surface area contributed by atoms with Crippen LogP contribution in [0.15, 0.2) is 67.3 Å². The van der Waals surface area contributed by atoms with Crippen molar-refractivity contribution >= 4 is 16.6 Å². The van der Waals surface area contributed by atoms with E-state index in [0.29, 0.717) is 5.69 Å². The number of halogens is 1. The summed E-state index contributed by atoms with van der Waals surface area (Å²) in [4.78, 5) is 21.1. The standard InChI is InChI=1S/C22H18FN3O/c1-26-14-24-13-22(26)16-4-5-17-12-25-20(10-18(17)9-16)11-21(27)8-15-2-6-19(23)7-3-15/h2-7,9-10,12-14H,8,11H2,1H3/i8D2. The first-order chi connectivity index (χ1) is 13.8. The zero-order valence-corrected chi connectivity index (χ0v) is 14.7. The average Bonchev–Trinajstić information content (AvgIpc) is 3.13. The molecule has 2 heterocycles. The van der Waals surface area contributed by atoms with Crippen LogP contribution in [0.3, 0.4) is 0 Å². The number of carbonyl (C=O) groups is 1. The number of aryl methyl sites for hydroxylation is 1. The number of benzene rings is 2. The van der Waals surface area contributed by atoms with Gasteiger partial charge in [0, 0.05) is 45.4 Å². The van der Waals surface area contributed by atoms with E-state index in [-0.39, 0.29) is 12.0 Å². The number of hydrogen-bond donors (Lipinski definition) is 0. The van der Waals surface area contributed by atoms with Gasteiger partial charge < -0.3 is 4.57 Å². The van der Waals surface area contributed by atoms with Crippen LogP contribution >= 0.6 is 0 Å². The fraction of sp³-hybridized carbons (Fsp3) is 0.136. The third-order valence-corrected chi connectivity index (χ3v) is 4.36. The minimum atomic E-state index is -2.22. The van der Waals surface area contributed by atoms with E-state index >= 15 is 0 Å². The van der Waals surface area contributed by atoms with Gasteiger partial charge in [0.25, 0.3) is 0 Å². The van der Waals surface area contributed by atoms with Gasteiger partial charge in [0.05, 0.1) is 18.2 Å². The maximum Gasteiger partial charge on any atom is 0.143 e. The second-order valence-corrected chi connectivity index (χ2v) is 6.36. The molecular formula is C22H18FN3O. The predicted octanol–water partition coefficient (Wildman–Crippen LogP) is 4.13. The third kappa shape index (κ3) is 3.77. The van der Waals surface area contributed by atoms with Crippen molar-refractivity contribution in [1.82, 2.24) is 14.5 Å². The van der Waals surface area contributed by atoms with E-state index in [9.17, 15) is 9.18 Å². The van der Waals surface area contributed by atoms with Gasteiger partial charge in [-0.1, -0.05) is 24.3 Å². The van der Waals surface area contributed by atoms with Crippen LogP contribution in [0.2, 0.25) is 0 Å². The number of aromatic nitrogens is 3. The lowest BCUT2D eigenvalue weighted by Gasteiger charge is -2.07. The Morgan fingerprint density at radius 2 is 1.93 bits per heavy atom. The van der Waals surface area contributed by atoms with Crippen LogP contribution in [-0.2, 0) is 24.6 Å². The highest BCUT2D eigenvalue weighted by Crippen LogP contribution is 2.24. The van der Waals surface area contributed by atoms with Crippen LogP contribution in [0, 0.1) is 5.82 Å². The van der Waals surface area contributed by atoms with Crippen LogP contribution in [-0.4, -0.2) is 20.3 Å². The lowest BCUT2D eigenvalue weighted by atomic mass is 10.0. The molecule has 0 saturated carbocycles. The molecule has 0 aliphatic rings. The van der Waals surface area contributed by atoms with Gasteiger partial charge in [-0.05, 0) is 35.2 Å². The highest BCUT2D eigenvalue weighted by Gasteiger charge is 2.09. The van der Waals surface area contributed by atoms with Crippen molar-refractivity contribution in [1.29, 1.82) is 0 Å². The number of nitrogens with zero attached hydrogens (tertiary/aromatic N) is 3. The Labute approximate surface area is 159 Å². The Morgan fingerprint density at radius 1 is 1.11 bits per heavy atom. The first-order valence-corrected chi connectivity index (χ1v) is 8.49. The first kappa shape index (κ1) is 14.8. The van der Waals surface area contributed by atoms with Crippen molar-refractivity contribution in [3.8, 4) is 11.3 Å². The maximum atomic E-state index is 13.1. The van der Waals surface area contributed by atoms with E-state index < -0.39 is 18.0 Å². The van der Waals surface area contributed by atoms with Crippen molar-refractivity contribution in [3.63, 3.8) is 0 Å². The van der Waals surface area contributed by atoms with Gasteiger partial charge in [0.2, 0.25) is 0 Å². The molecule has 134 valence electrons. The zero-order chi connectivity index (χ0) is 20.6. The Bertz CT molecular complexity index is 1200. The molecule has 4 aromatic rings. The molecule has 2 aromatic heterocycles. The smallest absolute Gasteiger partial charge is 0.143 e. The maximum absolute atomic E-state index is 13.1. The number of ketones is 1. The molecule has 4 nitrogen and oxygen atoms in total. The summed E-state index contributed by atoms with van der Waals surface area (Å²) in [5.74, 6) is -1.10. The largest absolute Gasteiger partial charge is 0.334 e. The monoisotopic (exact) mass is 361 g/mol. The van der Waals surface area contributed by atoms with Crippen molar-refractivity contribution in [2.45, 2.75) is 12.8 Å². The Morgan fingerprint density at radius 3 is 2.67 bits per heavy atom. The number of Topliss-reactive ketones (excluding diaryl/α,β-unsaturated/α-hetero) is 1. The summed E-state index contributed by atoms with van der Waals surface area (Å²) in [7, 11) is 1.92. The second-order valence-electron chi connectivity index (χ2n) is 6.36. The SMILES string of the molecule is [2H]C([2H])(C(=O)Cc1cc2cc(-c3cncn3C)ccc2cn1)c1ccc(F)cc1. The van der Waals surface area contributed by atoms with Crippen LogP contribution in [0.25, 0.3) is 22.0 Å². The minimum Gasteiger partial charge on any atom is -0.334 e. The van der Waals surface area contributed by atoms with Crippen LogP contribution in [0.5, 0.6) is 0 Å². The molecule has 0 amide bonds. The van der Waals surface area contributed by atoms with Crippen LogP contribution in [0.4, 0.5) is 4.39 Å². The molecule has 4 rings (SSSR count). The summed E-state index contributed by atoms with van der Waals surface area (Å²) in [6.45, 7) is 0. The molecule has 0 radical (unpaired) electrons. The molecule has 27 heavy (non-hydrogen) atoms. The molecule has 0 atom stereocenters. The van der Waals surface area contributed by atoms with E-state index in [1.807, 2.05) is 29.8 Å². The fourth-order valence-corrected chi connectivity index (χ4v) is 2.98. The number of rotatable bonds is 5. The summed E-state index contributed by atoms with van der Waals surface area (Å²) in [6, 6.07) is 12.6. The van der Waals surface area contributed by atoms with E-state index in [2.05, 4.69) is 9.97 Å². The molecule has 0 fully saturated rings. The van der Waals surface area contributed by atoms with Crippen molar-refractivity contribution in [3.05, 3.63) is 84.3 Å². The summed E-state index contributed by atoms with van der Waals surface area (Å²) < 4.78 is 31.4. The van der Waals surface area contributed by atoms with Crippen LogP contribution < -0.4 is 0 Å². The predicted molar refractivity (Wildman–Crippen MR) is 103 cm³/mol. The molecule has 0 N–H and O–H groups in total.